The molecule has 3 rings (SSSR count). The van der Waals surface area contributed by atoms with E-state index in [0.717, 1.165) is 37.5 Å². The highest BCUT2D eigenvalue weighted by molar-refractivity contribution is 5.71. The van der Waals surface area contributed by atoms with Gasteiger partial charge in [-0.25, -0.2) is 23.1 Å². The molecule has 0 saturated carbocycles. The van der Waals surface area contributed by atoms with Gasteiger partial charge in [0.05, 0.1) is 12.4 Å². The molecule has 11 heteroatoms. The van der Waals surface area contributed by atoms with Gasteiger partial charge in [-0.2, -0.15) is 0 Å². The van der Waals surface area contributed by atoms with Crippen molar-refractivity contribution < 1.29 is 32.6 Å². The zero-order valence-electron chi connectivity index (χ0n) is 19.4. The van der Waals surface area contributed by atoms with E-state index < -0.39 is 17.5 Å². The van der Waals surface area contributed by atoms with E-state index in [9.17, 15) is 18.0 Å². The predicted octanol–water partition coefficient (Wildman–Crippen LogP) is 3.32. The summed E-state index contributed by atoms with van der Waals surface area (Å²) in [6, 6.07) is 2.58. The first-order valence-corrected chi connectivity index (χ1v) is 9.89. The van der Waals surface area contributed by atoms with Gasteiger partial charge in [-0.05, 0) is 39.3 Å². The van der Waals surface area contributed by atoms with Crippen molar-refractivity contribution in [1.29, 1.82) is 0 Å². The van der Waals surface area contributed by atoms with E-state index in [-0.39, 0.29) is 12.0 Å². The van der Waals surface area contributed by atoms with Crippen LogP contribution in [-0.2, 0) is 9.53 Å². The number of carboxylic acid groups (broad SMARTS) is 1. The maximum atomic E-state index is 12.0. The van der Waals surface area contributed by atoms with Crippen LogP contribution in [0.25, 0.3) is 0 Å². The molecule has 1 aliphatic rings. The number of nitrogens with one attached hydrogen (secondary N) is 1. The summed E-state index contributed by atoms with van der Waals surface area (Å²) in [6.07, 6.45) is 5.01. The van der Waals surface area contributed by atoms with Crippen LogP contribution in [-0.4, -0.2) is 66.7 Å². The Balaban J connectivity index is 0.000000568. The van der Waals surface area contributed by atoms with Gasteiger partial charge in [-0.1, -0.05) is 0 Å². The van der Waals surface area contributed by atoms with E-state index in [4.69, 9.17) is 9.90 Å². The summed E-state index contributed by atoms with van der Waals surface area (Å²) in [5.74, 6) is -2.11. The molecule has 1 unspecified atom stereocenters. The fourth-order valence-corrected chi connectivity index (χ4v) is 2.72. The van der Waals surface area contributed by atoms with Gasteiger partial charge in [0.15, 0.2) is 17.9 Å². The van der Waals surface area contributed by atoms with Crippen molar-refractivity contribution >= 4 is 18.6 Å². The third-order valence-corrected chi connectivity index (χ3v) is 3.81. The molecule has 2 N–H and O–H groups in total. The molecule has 1 saturated heterocycles. The topological polar surface area (TPSA) is 105 Å². The summed E-state index contributed by atoms with van der Waals surface area (Å²) in [5.41, 5.74) is 0.510. The van der Waals surface area contributed by atoms with Crippen molar-refractivity contribution in [1.82, 2.24) is 15.3 Å². The molecular formula is C22H31F3N4O4. The number of carbonyl (C=O) groups excluding carboxylic acids is 1. The second kappa shape index (κ2) is 15.7. The summed E-state index contributed by atoms with van der Waals surface area (Å²) in [5, 5.41) is 10.5. The lowest BCUT2D eigenvalue weighted by Gasteiger charge is -2.26. The Hall–Kier alpha value is -3.05. The van der Waals surface area contributed by atoms with Crippen molar-refractivity contribution in [3.05, 3.63) is 53.7 Å². The molecule has 0 aliphatic carbocycles. The van der Waals surface area contributed by atoms with Crippen LogP contribution in [0.2, 0.25) is 0 Å². The van der Waals surface area contributed by atoms with Crippen LogP contribution in [0.15, 0.2) is 30.6 Å². The molecule has 0 radical (unpaired) electrons. The maximum Gasteiger partial charge on any atom is 0.290 e. The molecule has 0 bridgehead atoms. The number of benzene rings is 1. The van der Waals surface area contributed by atoms with E-state index in [1.807, 2.05) is 0 Å². The van der Waals surface area contributed by atoms with Gasteiger partial charge in [-0.15, -0.1) is 0 Å². The number of nitrogens with zero attached hydrogens (tertiary/aromatic N) is 3. The van der Waals surface area contributed by atoms with Crippen molar-refractivity contribution in [2.45, 2.75) is 38.8 Å². The maximum absolute atomic E-state index is 12.0. The van der Waals surface area contributed by atoms with E-state index >= 15 is 0 Å². The van der Waals surface area contributed by atoms with E-state index in [1.165, 1.54) is 6.20 Å². The standard InChI is InChI=1S/C13H20N4O.C6H3F3.C2H6O.CH2O2/c1-13(2,3)16-10-4-5-17(8-10)12-7-14-11(9-18)6-15-12;7-4-1-2-5(8)6(9)3-4;1-3-2;2-1-3/h6-7,9-10,16H,4-5,8H2,1-3H3;1-3H;1-2H3;1H,(H,2,3). The average molecular weight is 473 g/mol. The first kappa shape index (κ1) is 29.9. The van der Waals surface area contributed by atoms with Crippen LogP contribution in [0.3, 0.4) is 0 Å². The number of halogens is 3. The van der Waals surface area contributed by atoms with Crippen molar-refractivity contribution in [3.8, 4) is 0 Å². The van der Waals surface area contributed by atoms with Gasteiger partial charge in [0.2, 0.25) is 0 Å². The summed E-state index contributed by atoms with van der Waals surface area (Å²) in [7, 11) is 3.25. The van der Waals surface area contributed by atoms with Crippen LogP contribution >= 0.6 is 0 Å². The van der Waals surface area contributed by atoms with E-state index in [0.29, 0.717) is 24.1 Å². The van der Waals surface area contributed by atoms with E-state index in [2.05, 4.69) is 45.7 Å². The molecule has 1 aromatic carbocycles. The third kappa shape index (κ3) is 13.2. The number of methoxy groups -OCH3 is 1. The minimum Gasteiger partial charge on any atom is -0.483 e. The Morgan fingerprint density at radius 1 is 1.12 bits per heavy atom. The SMILES string of the molecule is CC(C)(C)NC1CCN(c2cnc(C=O)cn2)C1.COC.Fc1ccc(F)c(F)c1.O=CO. The van der Waals surface area contributed by atoms with Crippen molar-refractivity contribution in [3.63, 3.8) is 0 Å². The molecule has 2 aromatic rings. The van der Waals surface area contributed by atoms with Gasteiger partial charge in [0.1, 0.15) is 17.3 Å². The number of hydrogen-bond acceptors (Lipinski definition) is 7. The number of anilines is 1. The van der Waals surface area contributed by atoms with Crippen LogP contribution in [0, 0.1) is 17.5 Å². The van der Waals surface area contributed by atoms with Gasteiger partial charge in [-0.3, -0.25) is 9.59 Å². The molecule has 0 amide bonds. The summed E-state index contributed by atoms with van der Waals surface area (Å²) < 4.78 is 40.1. The van der Waals surface area contributed by atoms with Gasteiger partial charge < -0.3 is 20.1 Å². The molecule has 0 spiro atoms. The summed E-state index contributed by atoms with van der Waals surface area (Å²) in [4.78, 5) is 29.4. The molecule has 8 nitrogen and oxygen atoms in total. The molecule has 1 atom stereocenters. The average Bonchev–Trinajstić information content (AvgIpc) is 3.19. The smallest absolute Gasteiger partial charge is 0.290 e. The third-order valence-electron chi connectivity index (χ3n) is 3.81. The normalized spacial score (nSPS) is 14.5. The minimum absolute atomic E-state index is 0.133. The lowest BCUT2D eigenvalue weighted by molar-refractivity contribution is -0.122. The highest BCUT2D eigenvalue weighted by Crippen LogP contribution is 2.18. The van der Waals surface area contributed by atoms with Crippen LogP contribution < -0.4 is 10.2 Å². The molecule has 2 heterocycles. The molecule has 1 fully saturated rings. The zero-order chi connectivity index (χ0) is 25.4. The second-order valence-corrected chi connectivity index (χ2v) is 7.82. The number of rotatable bonds is 3. The first-order chi connectivity index (χ1) is 15.5. The number of hydrogen-bond donors (Lipinski definition) is 2. The van der Waals surface area contributed by atoms with Gasteiger partial charge in [0.25, 0.3) is 6.47 Å². The van der Waals surface area contributed by atoms with Crippen molar-refractivity contribution in [2.24, 2.45) is 0 Å². The fraction of sp³-hybridized carbons (Fsp3) is 0.455. The first-order valence-electron chi connectivity index (χ1n) is 9.89. The Kier molecular flexibility index (Phi) is 14.3. The van der Waals surface area contributed by atoms with Crippen molar-refractivity contribution in [2.75, 3.05) is 32.2 Å². The lowest BCUT2D eigenvalue weighted by Crippen LogP contribution is -2.44. The van der Waals surface area contributed by atoms with Gasteiger partial charge >= 0.3 is 0 Å². The molecule has 1 aliphatic heterocycles. The highest BCUT2D eigenvalue weighted by Gasteiger charge is 2.26. The number of carbonyl (C=O) groups is 2. The Morgan fingerprint density at radius 2 is 1.73 bits per heavy atom. The quantitative estimate of drug-likeness (QED) is 0.518. The largest absolute Gasteiger partial charge is 0.483 e. The van der Waals surface area contributed by atoms with Crippen LogP contribution in [0.1, 0.15) is 37.7 Å². The Labute approximate surface area is 191 Å². The summed E-state index contributed by atoms with van der Waals surface area (Å²) in [6.45, 7) is 8.19. The zero-order valence-corrected chi connectivity index (χ0v) is 19.4. The fourth-order valence-electron chi connectivity index (χ4n) is 2.72. The number of ether oxygens (including phenoxy) is 1. The van der Waals surface area contributed by atoms with Crippen LogP contribution in [0.4, 0.5) is 19.0 Å². The molecule has 33 heavy (non-hydrogen) atoms. The molecule has 184 valence electrons. The molecular weight excluding hydrogens is 441 g/mol. The predicted molar refractivity (Wildman–Crippen MR) is 119 cm³/mol. The minimum atomic E-state index is -1.16. The lowest BCUT2D eigenvalue weighted by atomic mass is 10.1. The summed E-state index contributed by atoms with van der Waals surface area (Å²) >= 11 is 0. The number of aromatic nitrogens is 2. The Bertz CT molecular complexity index is 833. The molecule has 1 aromatic heterocycles. The van der Waals surface area contributed by atoms with Gasteiger partial charge in [0, 0.05) is 45.0 Å². The second-order valence-electron chi connectivity index (χ2n) is 7.82. The monoisotopic (exact) mass is 472 g/mol. The highest BCUT2D eigenvalue weighted by atomic mass is 19.2. The number of aldehydes is 1. The Morgan fingerprint density at radius 3 is 2.15 bits per heavy atom. The van der Waals surface area contributed by atoms with Crippen LogP contribution in [0.5, 0.6) is 0 Å². The van der Waals surface area contributed by atoms with E-state index in [1.54, 1.807) is 20.4 Å².